The van der Waals surface area contributed by atoms with Gasteiger partial charge in [0.15, 0.2) is 0 Å². The van der Waals surface area contributed by atoms with Crippen molar-refractivity contribution < 1.29 is 4.79 Å². The number of carbonyl (C=O) groups excluding carboxylic acids is 1. The van der Waals surface area contributed by atoms with E-state index in [1.165, 1.54) is 4.57 Å². The summed E-state index contributed by atoms with van der Waals surface area (Å²) >= 11 is 5.56. The Balaban J connectivity index is 1.97. The number of benzene rings is 1. The zero-order valence-electron chi connectivity index (χ0n) is 10.9. The lowest BCUT2D eigenvalue weighted by Gasteiger charge is -2.06. The van der Waals surface area contributed by atoms with Gasteiger partial charge in [0.1, 0.15) is 0 Å². The summed E-state index contributed by atoms with van der Waals surface area (Å²) in [5.74, 6) is 0.551. The van der Waals surface area contributed by atoms with Gasteiger partial charge < -0.3 is 10.3 Å². The molecule has 0 saturated carbocycles. The second-order valence-corrected chi connectivity index (χ2v) is 4.75. The van der Waals surface area contributed by atoms with Crippen molar-refractivity contribution in [2.45, 2.75) is 19.3 Å². The summed E-state index contributed by atoms with van der Waals surface area (Å²) in [6.45, 7) is 0. The predicted molar refractivity (Wildman–Crippen MR) is 79.6 cm³/mol. The highest BCUT2D eigenvalue weighted by molar-refractivity contribution is 6.17. The Morgan fingerprint density at radius 2 is 2.00 bits per heavy atom. The van der Waals surface area contributed by atoms with Crippen molar-refractivity contribution in [3.05, 3.63) is 47.1 Å². The molecule has 2 rings (SSSR count). The number of halogens is 1. The van der Waals surface area contributed by atoms with Gasteiger partial charge in [0.2, 0.25) is 5.91 Å². The second kappa shape index (κ2) is 6.96. The number of hydrogen-bond donors (Lipinski definition) is 2. The monoisotopic (exact) mass is 293 g/mol. The Kier molecular flexibility index (Phi) is 5.01. The molecule has 2 N–H and O–H groups in total. The molecule has 6 heteroatoms. The first-order valence-corrected chi connectivity index (χ1v) is 6.96. The molecule has 0 fully saturated rings. The quantitative estimate of drug-likeness (QED) is 0.635. The third-order valence-corrected chi connectivity index (χ3v) is 3.13. The van der Waals surface area contributed by atoms with Crippen LogP contribution >= 0.6 is 11.6 Å². The number of rotatable bonds is 6. The van der Waals surface area contributed by atoms with Gasteiger partial charge in [-0.15, -0.1) is 11.6 Å². The highest BCUT2D eigenvalue weighted by Gasteiger charge is 2.03. The average Bonchev–Trinajstić information content (AvgIpc) is 2.86. The van der Waals surface area contributed by atoms with Gasteiger partial charge in [0.25, 0.3) is 0 Å². The number of anilines is 1. The van der Waals surface area contributed by atoms with Gasteiger partial charge in [0.05, 0.1) is 5.69 Å². The number of hydrogen-bond acceptors (Lipinski definition) is 2. The number of amides is 1. The van der Waals surface area contributed by atoms with Gasteiger partial charge in [-0.3, -0.25) is 9.36 Å². The number of carbonyl (C=O) groups is 1. The van der Waals surface area contributed by atoms with Crippen LogP contribution in [0.2, 0.25) is 0 Å². The first-order valence-electron chi connectivity index (χ1n) is 6.43. The van der Waals surface area contributed by atoms with E-state index in [2.05, 4.69) is 10.3 Å². The minimum atomic E-state index is -0.192. The molecule has 0 bridgehead atoms. The van der Waals surface area contributed by atoms with Crippen LogP contribution in [0.1, 0.15) is 19.3 Å². The number of nitrogens with one attached hydrogen (secondary N) is 2. The molecule has 106 valence electrons. The normalized spacial score (nSPS) is 10.4. The molecule has 0 unspecified atom stereocenters. The smallest absolute Gasteiger partial charge is 0.326 e. The SMILES string of the molecule is O=C(CCCCCl)Nc1ccc(-n2cc[nH]c2=O)cc1. The fraction of sp³-hybridized carbons (Fsp3) is 0.286. The van der Waals surface area contributed by atoms with Crippen LogP contribution in [0, 0.1) is 0 Å². The molecule has 5 nitrogen and oxygen atoms in total. The fourth-order valence-corrected chi connectivity index (χ4v) is 2.02. The van der Waals surface area contributed by atoms with E-state index in [0.29, 0.717) is 18.0 Å². The average molecular weight is 294 g/mol. The Bertz CT molecular complexity index is 616. The standard InChI is InChI=1S/C14H16ClN3O2/c15-8-2-1-3-13(19)17-11-4-6-12(7-5-11)18-10-9-16-14(18)20/h4-7,9-10H,1-3,8H2,(H,16,20)(H,17,19). The number of H-pyrrole nitrogens is 1. The summed E-state index contributed by atoms with van der Waals surface area (Å²) in [7, 11) is 0. The molecule has 1 aromatic carbocycles. The van der Waals surface area contributed by atoms with Gasteiger partial charge in [0, 0.05) is 30.4 Å². The van der Waals surface area contributed by atoms with Gasteiger partial charge in [-0.1, -0.05) is 0 Å². The topological polar surface area (TPSA) is 66.9 Å². The summed E-state index contributed by atoms with van der Waals surface area (Å²) in [5.41, 5.74) is 1.27. The van der Waals surface area contributed by atoms with Crippen molar-refractivity contribution in [2.75, 3.05) is 11.2 Å². The maximum atomic E-state index is 11.6. The van der Waals surface area contributed by atoms with E-state index in [1.54, 1.807) is 36.7 Å². The van der Waals surface area contributed by atoms with Crippen LogP contribution in [0.5, 0.6) is 0 Å². The van der Waals surface area contributed by atoms with Crippen LogP contribution in [-0.2, 0) is 4.79 Å². The lowest BCUT2D eigenvalue weighted by molar-refractivity contribution is -0.116. The summed E-state index contributed by atoms with van der Waals surface area (Å²) in [5, 5.41) is 2.81. The number of unbranched alkanes of at least 4 members (excludes halogenated alkanes) is 1. The molecule has 0 aliphatic carbocycles. The van der Waals surface area contributed by atoms with E-state index in [4.69, 9.17) is 11.6 Å². The zero-order valence-corrected chi connectivity index (χ0v) is 11.7. The summed E-state index contributed by atoms with van der Waals surface area (Å²) in [4.78, 5) is 25.7. The minimum Gasteiger partial charge on any atom is -0.326 e. The lowest BCUT2D eigenvalue weighted by atomic mass is 10.2. The van der Waals surface area contributed by atoms with Gasteiger partial charge in [-0.05, 0) is 37.1 Å². The van der Waals surface area contributed by atoms with Crippen LogP contribution in [-0.4, -0.2) is 21.3 Å². The van der Waals surface area contributed by atoms with Crippen molar-refractivity contribution in [3.63, 3.8) is 0 Å². The van der Waals surface area contributed by atoms with E-state index in [9.17, 15) is 9.59 Å². The van der Waals surface area contributed by atoms with E-state index >= 15 is 0 Å². The number of nitrogens with zero attached hydrogens (tertiary/aromatic N) is 1. The lowest BCUT2D eigenvalue weighted by Crippen LogP contribution is -2.14. The maximum Gasteiger partial charge on any atom is 0.330 e. The van der Waals surface area contributed by atoms with Crippen molar-refractivity contribution in [1.82, 2.24) is 9.55 Å². The van der Waals surface area contributed by atoms with Crippen LogP contribution in [0.4, 0.5) is 5.69 Å². The third-order valence-electron chi connectivity index (χ3n) is 2.87. The van der Waals surface area contributed by atoms with Crippen molar-refractivity contribution in [3.8, 4) is 5.69 Å². The molecular weight excluding hydrogens is 278 g/mol. The highest BCUT2D eigenvalue weighted by Crippen LogP contribution is 2.12. The highest BCUT2D eigenvalue weighted by atomic mass is 35.5. The molecule has 20 heavy (non-hydrogen) atoms. The molecule has 0 radical (unpaired) electrons. The Hall–Kier alpha value is -2.01. The van der Waals surface area contributed by atoms with E-state index in [-0.39, 0.29) is 11.6 Å². The summed E-state index contributed by atoms with van der Waals surface area (Å²) in [6, 6.07) is 7.11. The largest absolute Gasteiger partial charge is 0.330 e. The van der Waals surface area contributed by atoms with Crippen molar-refractivity contribution in [1.29, 1.82) is 0 Å². The number of imidazole rings is 1. The molecule has 0 aliphatic heterocycles. The Morgan fingerprint density at radius 1 is 1.25 bits per heavy atom. The second-order valence-electron chi connectivity index (χ2n) is 4.38. The first-order chi connectivity index (χ1) is 9.70. The number of aromatic amines is 1. The van der Waals surface area contributed by atoms with Gasteiger partial charge >= 0.3 is 5.69 Å². The molecule has 0 atom stereocenters. The summed E-state index contributed by atoms with van der Waals surface area (Å²) in [6.07, 6.45) is 5.32. The molecule has 0 aliphatic rings. The molecule has 0 spiro atoms. The number of alkyl halides is 1. The van der Waals surface area contributed by atoms with Crippen LogP contribution < -0.4 is 11.0 Å². The molecule has 1 aromatic heterocycles. The zero-order chi connectivity index (χ0) is 14.4. The van der Waals surface area contributed by atoms with Gasteiger partial charge in [-0.2, -0.15) is 0 Å². The Labute approximate surface area is 121 Å². The summed E-state index contributed by atoms with van der Waals surface area (Å²) < 4.78 is 1.49. The first kappa shape index (κ1) is 14.4. The Morgan fingerprint density at radius 3 is 2.60 bits per heavy atom. The fourth-order valence-electron chi connectivity index (χ4n) is 1.83. The molecule has 0 saturated heterocycles. The molecule has 1 amide bonds. The van der Waals surface area contributed by atoms with Crippen LogP contribution in [0.3, 0.4) is 0 Å². The third kappa shape index (κ3) is 3.74. The predicted octanol–water partition coefficient (Wildman–Crippen LogP) is 2.51. The minimum absolute atomic E-state index is 0.0262. The van der Waals surface area contributed by atoms with Crippen molar-refractivity contribution in [2.24, 2.45) is 0 Å². The van der Waals surface area contributed by atoms with E-state index in [1.807, 2.05) is 0 Å². The van der Waals surface area contributed by atoms with E-state index in [0.717, 1.165) is 18.5 Å². The van der Waals surface area contributed by atoms with Crippen molar-refractivity contribution >= 4 is 23.2 Å². The molecule has 2 aromatic rings. The molecule has 1 heterocycles. The molecular formula is C14H16ClN3O2. The van der Waals surface area contributed by atoms with Crippen LogP contribution in [0.25, 0.3) is 5.69 Å². The van der Waals surface area contributed by atoms with E-state index < -0.39 is 0 Å². The number of aromatic nitrogens is 2. The van der Waals surface area contributed by atoms with Crippen LogP contribution in [0.15, 0.2) is 41.5 Å². The maximum absolute atomic E-state index is 11.6. The van der Waals surface area contributed by atoms with Gasteiger partial charge in [-0.25, -0.2) is 4.79 Å².